The second-order valence-corrected chi connectivity index (χ2v) is 12.6. The summed E-state index contributed by atoms with van der Waals surface area (Å²) in [6, 6.07) is 19.7. The average molecular weight is 584 g/mol. The summed E-state index contributed by atoms with van der Waals surface area (Å²) in [5.41, 5.74) is 6.17. The fourth-order valence-corrected chi connectivity index (χ4v) is 6.53. The van der Waals surface area contributed by atoms with Gasteiger partial charge in [-0.05, 0) is 43.7 Å². The number of aromatic nitrogens is 3. The highest BCUT2D eigenvalue weighted by Gasteiger charge is 2.40. The predicted molar refractivity (Wildman–Crippen MR) is 167 cm³/mol. The summed E-state index contributed by atoms with van der Waals surface area (Å²) in [5, 5.41) is 7.91. The van der Waals surface area contributed by atoms with Crippen molar-refractivity contribution in [2.75, 3.05) is 24.3 Å². The van der Waals surface area contributed by atoms with Crippen molar-refractivity contribution < 1.29 is 14.3 Å². The van der Waals surface area contributed by atoms with Gasteiger partial charge in [0.2, 0.25) is 11.8 Å². The molecule has 8 nitrogen and oxygen atoms in total. The van der Waals surface area contributed by atoms with Crippen LogP contribution in [-0.2, 0) is 21.5 Å². The van der Waals surface area contributed by atoms with Crippen LogP contribution < -0.4 is 15.0 Å². The molecule has 0 radical (unpaired) electrons. The van der Waals surface area contributed by atoms with E-state index in [9.17, 15) is 9.59 Å². The Labute approximate surface area is 251 Å². The van der Waals surface area contributed by atoms with Crippen LogP contribution in [0.25, 0.3) is 5.69 Å². The number of thioether (sulfide) groups is 1. The van der Waals surface area contributed by atoms with Crippen LogP contribution >= 0.6 is 11.8 Å². The number of anilines is 1. The molecule has 42 heavy (non-hydrogen) atoms. The quantitative estimate of drug-likeness (QED) is 0.301. The molecule has 218 valence electrons. The molecular formula is C33H37N5O3S. The van der Waals surface area contributed by atoms with E-state index >= 15 is 0 Å². The van der Waals surface area contributed by atoms with Gasteiger partial charge in [0.1, 0.15) is 18.1 Å². The molecule has 0 spiro atoms. The molecule has 1 atom stereocenters. The van der Waals surface area contributed by atoms with Crippen LogP contribution in [0.4, 0.5) is 5.82 Å². The number of para-hydroxylation sites is 1. The van der Waals surface area contributed by atoms with Crippen LogP contribution in [0.1, 0.15) is 59.7 Å². The Balaban J connectivity index is 1.70. The summed E-state index contributed by atoms with van der Waals surface area (Å²) < 4.78 is 7.65. The molecule has 0 aliphatic carbocycles. The zero-order valence-electron chi connectivity index (χ0n) is 25.0. The van der Waals surface area contributed by atoms with Crippen LogP contribution in [0.15, 0.2) is 66.9 Å². The van der Waals surface area contributed by atoms with Gasteiger partial charge < -0.3 is 10.1 Å². The van der Waals surface area contributed by atoms with Gasteiger partial charge in [-0.3, -0.25) is 19.5 Å². The molecule has 2 aromatic heterocycles. The average Bonchev–Trinajstić information content (AvgIpc) is 3.30. The normalized spacial score (nSPS) is 15.2. The Morgan fingerprint density at radius 1 is 1.10 bits per heavy atom. The Morgan fingerprint density at radius 2 is 1.86 bits per heavy atom. The Hall–Kier alpha value is -4.11. The molecule has 0 fully saturated rings. The molecule has 0 bridgehead atoms. The molecule has 5 rings (SSSR count). The Morgan fingerprint density at radius 3 is 2.55 bits per heavy atom. The van der Waals surface area contributed by atoms with Gasteiger partial charge >= 0.3 is 0 Å². The molecule has 0 unspecified atom stereocenters. The SMILES string of the molecule is COc1ccccc1[C@@H]1SCC(=O)N(CC(=O)NCc2ccccn2)c2c1c(C(C)(C)C)nn2-c1ccc(C)cc1C. The highest BCUT2D eigenvalue weighted by atomic mass is 32.2. The van der Waals surface area contributed by atoms with Crippen molar-refractivity contribution in [1.82, 2.24) is 20.1 Å². The monoisotopic (exact) mass is 583 g/mol. The first kappa shape index (κ1) is 29.4. The van der Waals surface area contributed by atoms with Crippen molar-refractivity contribution in [2.45, 2.75) is 51.8 Å². The minimum absolute atomic E-state index is 0.141. The number of hydrogen-bond donors (Lipinski definition) is 1. The summed E-state index contributed by atoms with van der Waals surface area (Å²) in [7, 11) is 1.66. The van der Waals surface area contributed by atoms with Crippen molar-refractivity contribution in [3.05, 3.63) is 101 Å². The maximum atomic E-state index is 13.9. The van der Waals surface area contributed by atoms with Gasteiger partial charge in [0, 0.05) is 22.7 Å². The van der Waals surface area contributed by atoms with Crippen LogP contribution in [0.5, 0.6) is 5.75 Å². The lowest BCUT2D eigenvalue weighted by Gasteiger charge is -2.25. The molecule has 2 amide bonds. The van der Waals surface area contributed by atoms with E-state index in [1.165, 1.54) is 11.8 Å². The third-order valence-electron chi connectivity index (χ3n) is 7.30. The standard InChI is InChI=1S/C33H37N5O3S/c1-21-14-15-25(22(2)17-21)38-32-29(31(36-38)33(3,4)5)30(24-12-7-8-13-26(24)41-6)42-20-28(40)37(32)19-27(39)35-18-23-11-9-10-16-34-23/h7-17,30H,18-20H2,1-6H3,(H,35,39)/t30-/m0/s1. The number of nitrogens with zero attached hydrogens (tertiary/aromatic N) is 4. The van der Waals surface area contributed by atoms with E-state index in [0.717, 1.165) is 45.1 Å². The van der Waals surface area contributed by atoms with Crippen molar-refractivity contribution in [1.29, 1.82) is 0 Å². The van der Waals surface area contributed by atoms with E-state index in [-0.39, 0.29) is 41.3 Å². The molecular weight excluding hydrogens is 546 g/mol. The lowest BCUT2D eigenvalue weighted by atomic mass is 9.87. The first-order chi connectivity index (χ1) is 20.1. The molecule has 0 saturated carbocycles. The lowest BCUT2D eigenvalue weighted by molar-refractivity contribution is -0.123. The predicted octanol–water partition coefficient (Wildman–Crippen LogP) is 5.68. The van der Waals surface area contributed by atoms with E-state index < -0.39 is 0 Å². The summed E-state index contributed by atoms with van der Waals surface area (Å²) in [5.74, 6) is 1.13. The highest BCUT2D eigenvalue weighted by molar-refractivity contribution is 8.00. The zero-order chi connectivity index (χ0) is 30.0. The summed E-state index contributed by atoms with van der Waals surface area (Å²) >= 11 is 1.54. The molecule has 9 heteroatoms. The number of pyridine rings is 1. The van der Waals surface area contributed by atoms with E-state index in [0.29, 0.717) is 5.82 Å². The van der Waals surface area contributed by atoms with Crippen molar-refractivity contribution in [2.24, 2.45) is 0 Å². The maximum absolute atomic E-state index is 13.9. The molecule has 1 aliphatic heterocycles. The van der Waals surface area contributed by atoms with Crippen molar-refractivity contribution in [3.63, 3.8) is 0 Å². The number of rotatable bonds is 7. The molecule has 1 aliphatic rings. The number of methoxy groups -OCH3 is 1. The molecule has 2 aromatic carbocycles. The fraction of sp³-hybridized carbons (Fsp3) is 0.333. The minimum atomic E-state index is -0.352. The van der Waals surface area contributed by atoms with Crippen molar-refractivity contribution in [3.8, 4) is 11.4 Å². The van der Waals surface area contributed by atoms with Gasteiger partial charge in [-0.25, -0.2) is 4.68 Å². The van der Waals surface area contributed by atoms with Crippen LogP contribution in [-0.4, -0.2) is 46.0 Å². The number of aryl methyl sites for hydroxylation is 2. The topological polar surface area (TPSA) is 89.3 Å². The first-order valence-electron chi connectivity index (χ1n) is 14.0. The number of ether oxygens (including phenoxy) is 1. The van der Waals surface area contributed by atoms with Gasteiger partial charge in [-0.15, -0.1) is 11.8 Å². The van der Waals surface area contributed by atoms with Crippen LogP contribution in [0.2, 0.25) is 0 Å². The minimum Gasteiger partial charge on any atom is -0.496 e. The number of nitrogens with one attached hydrogen (secondary N) is 1. The summed E-state index contributed by atoms with van der Waals surface area (Å²) in [6.45, 7) is 10.6. The van der Waals surface area contributed by atoms with Crippen molar-refractivity contribution >= 4 is 29.4 Å². The zero-order valence-corrected chi connectivity index (χ0v) is 25.8. The summed E-state index contributed by atoms with van der Waals surface area (Å²) in [4.78, 5) is 33.2. The molecule has 0 saturated heterocycles. The molecule has 4 aromatic rings. The van der Waals surface area contributed by atoms with E-state index in [2.05, 4.69) is 44.1 Å². The van der Waals surface area contributed by atoms with Crippen LogP contribution in [0.3, 0.4) is 0 Å². The smallest absolute Gasteiger partial charge is 0.240 e. The maximum Gasteiger partial charge on any atom is 0.240 e. The molecule has 3 heterocycles. The van der Waals surface area contributed by atoms with E-state index in [1.54, 1.807) is 18.2 Å². The molecule has 1 N–H and O–H groups in total. The number of carbonyl (C=O) groups excluding carboxylic acids is 2. The summed E-state index contributed by atoms with van der Waals surface area (Å²) in [6.07, 6.45) is 1.69. The number of amides is 2. The number of carbonyl (C=O) groups is 2. The fourth-order valence-electron chi connectivity index (χ4n) is 5.30. The van der Waals surface area contributed by atoms with Gasteiger partial charge in [0.05, 0.1) is 41.7 Å². The number of benzene rings is 2. The first-order valence-corrected chi connectivity index (χ1v) is 15.1. The van der Waals surface area contributed by atoms with Gasteiger partial charge in [-0.1, -0.05) is 62.7 Å². The number of hydrogen-bond acceptors (Lipinski definition) is 6. The van der Waals surface area contributed by atoms with E-state index in [1.807, 2.05) is 66.2 Å². The second-order valence-electron chi connectivity index (χ2n) is 11.5. The van der Waals surface area contributed by atoms with Gasteiger partial charge in [0.25, 0.3) is 0 Å². The Bertz CT molecular complexity index is 1610. The highest BCUT2D eigenvalue weighted by Crippen LogP contribution is 2.50. The van der Waals surface area contributed by atoms with Gasteiger partial charge in [0.15, 0.2) is 0 Å². The second kappa shape index (κ2) is 12.0. The van der Waals surface area contributed by atoms with Gasteiger partial charge in [-0.2, -0.15) is 5.10 Å². The largest absolute Gasteiger partial charge is 0.496 e. The Kier molecular flexibility index (Phi) is 8.41. The van der Waals surface area contributed by atoms with E-state index in [4.69, 9.17) is 9.84 Å². The number of fused-ring (bicyclic) bond motifs is 1. The lowest BCUT2D eigenvalue weighted by Crippen LogP contribution is -2.42. The van der Waals surface area contributed by atoms with Crippen LogP contribution in [0, 0.1) is 13.8 Å². The third kappa shape index (κ3) is 5.92. The third-order valence-corrected chi connectivity index (χ3v) is 8.53.